The lowest BCUT2D eigenvalue weighted by atomic mass is 10.0. The molecule has 6 nitrogen and oxygen atoms in total. The monoisotopic (exact) mass is 407 g/mol. The van der Waals surface area contributed by atoms with Crippen LogP contribution < -0.4 is 9.62 Å². The van der Waals surface area contributed by atoms with Gasteiger partial charge in [0, 0.05) is 0 Å². The van der Waals surface area contributed by atoms with E-state index in [-0.39, 0.29) is 18.3 Å². The van der Waals surface area contributed by atoms with Crippen molar-refractivity contribution in [1.82, 2.24) is 5.32 Å². The van der Waals surface area contributed by atoms with Crippen LogP contribution in [0.3, 0.4) is 0 Å². The summed E-state index contributed by atoms with van der Waals surface area (Å²) >= 11 is 0. The van der Waals surface area contributed by atoms with Gasteiger partial charge in [0.05, 0.1) is 29.6 Å². The van der Waals surface area contributed by atoms with E-state index in [1.807, 2.05) is 55.5 Å². The van der Waals surface area contributed by atoms with Crippen molar-refractivity contribution >= 4 is 32.4 Å². The van der Waals surface area contributed by atoms with E-state index in [0.29, 0.717) is 5.56 Å². The number of sulfonamides is 1. The summed E-state index contributed by atoms with van der Waals surface area (Å²) in [5.41, 5.74) is 1.52. The van der Waals surface area contributed by atoms with Gasteiger partial charge < -0.3 is 5.32 Å². The number of amides is 1. The highest BCUT2D eigenvalue weighted by atomic mass is 32.2. The maximum atomic E-state index is 12.6. The van der Waals surface area contributed by atoms with Gasteiger partial charge in [-0.05, 0) is 47.5 Å². The van der Waals surface area contributed by atoms with Gasteiger partial charge in [0.25, 0.3) is 0 Å². The number of carbonyl (C=O) groups is 1. The fourth-order valence-corrected chi connectivity index (χ4v) is 3.96. The van der Waals surface area contributed by atoms with E-state index in [1.54, 1.807) is 18.2 Å². The maximum Gasteiger partial charge on any atom is 0.241 e. The molecule has 1 atom stereocenters. The van der Waals surface area contributed by atoms with Crippen molar-refractivity contribution in [2.75, 3.05) is 17.1 Å². The Morgan fingerprint density at radius 2 is 1.79 bits per heavy atom. The molecule has 3 aromatic carbocycles. The number of anilines is 1. The molecule has 148 valence electrons. The molecule has 0 saturated carbocycles. The summed E-state index contributed by atoms with van der Waals surface area (Å²) in [5.74, 6) is -0.432. The summed E-state index contributed by atoms with van der Waals surface area (Å²) in [7, 11) is -3.70. The zero-order valence-electron chi connectivity index (χ0n) is 16.2. The number of rotatable bonds is 6. The molecule has 3 rings (SSSR count). The SMILES string of the molecule is C[C@@H](NC(=O)CN(c1cccc(C#N)c1)S(C)(=O)=O)c1ccc2ccccc2c1. The van der Waals surface area contributed by atoms with Crippen molar-refractivity contribution in [2.24, 2.45) is 0 Å². The number of nitrogens with one attached hydrogen (secondary N) is 1. The van der Waals surface area contributed by atoms with Crippen molar-refractivity contribution < 1.29 is 13.2 Å². The fraction of sp³-hybridized carbons (Fsp3) is 0.182. The highest BCUT2D eigenvalue weighted by molar-refractivity contribution is 7.92. The predicted octanol–water partition coefficient (Wildman–Crippen LogP) is 3.35. The standard InChI is InChI=1S/C22H21N3O3S/c1-16(19-11-10-18-7-3-4-8-20(18)13-19)24-22(26)15-25(29(2,27)28)21-9-5-6-17(12-21)14-23/h3-13,16H,15H2,1-2H3,(H,24,26)/t16-/m1/s1. The number of hydrogen-bond acceptors (Lipinski definition) is 4. The van der Waals surface area contributed by atoms with E-state index in [0.717, 1.165) is 26.9 Å². The molecule has 0 aliphatic heterocycles. The van der Waals surface area contributed by atoms with Gasteiger partial charge >= 0.3 is 0 Å². The first kappa shape index (κ1) is 20.4. The van der Waals surface area contributed by atoms with Crippen LogP contribution in [0.1, 0.15) is 24.1 Å². The molecule has 0 aromatic heterocycles. The minimum Gasteiger partial charge on any atom is -0.348 e. The van der Waals surface area contributed by atoms with E-state index in [1.165, 1.54) is 6.07 Å². The lowest BCUT2D eigenvalue weighted by Gasteiger charge is -2.23. The first-order valence-corrected chi connectivity index (χ1v) is 10.9. The molecule has 0 radical (unpaired) electrons. The molecule has 0 saturated heterocycles. The minimum atomic E-state index is -3.70. The Morgan fingerprint density at radius 1 is 1.07 bits per heavy atom. The smallest absolute Gasteiger partial charge is 0.241 e. The van der Waals surface area contributed by atoms with Crippen LogP contribution in [0, 0.1) is 11.3 Å². The molecule has 0 heterocycles. The van der Waals surface area contributed by atoms with Crippen LogP contribution in [0.4, 0.5) is 5.69 Å². The number of nitrogens with zero attached hydrogens (tertiary/aromatic N) is 2. The topological polar surface area (TPSA) is 90.3 Å². The van der Waals surface area contributed by atoms with Gasteiger partial charge in [-0.2, -0.15) is 5.26 Å². The number of hydrogen-bond donors (Lipinski definition) is 1. The third kappa shape index (κ3) is 4.92. The quantitative estimate of drug-likeness (QED) is 0.678. The predicted molar refractivity (Wildman–Crippen MR) is 114 cm³/mol. The molecule has 3 aromatic rings. The van der Waals surface area contributed by atoms with E-state index in [9.17, 15) is 13.2 Å². The molecule has 1 amide bonds. The van der Waals surface area contributed by atoms with E-state index in [2.05, 4.69) is 5.32 Å². The molecular formula is C22H21N3O3S. The van der Waals surface area contributed by atoms with Crippen LogP contribution in [-0.2, 0) is 14.8 Å². The summed E-state index contributed by atoms with van der Waals surface area (Å²) in [6.45, 7) is 1.48. The second kappa shape index (κ2) is 8.33. The van der Waals surface area contributed by atoms with Crippen LogP contribution >= 0.6 is 0 Å². The van der Waals surface area contributed by atoms with Gasteiger partial charge in [-0.15, -0.1) is 0 Å². The van der Waals surface area contributed by atoms with Crippen molar-refractivity contribution in [3.8, 4) is 6.07 Å². The normalized spacial score (nSPS) is 12.2. The molecule has 1 N–H and O–H groups in total. The highest BCUT2D eigenvalue weighted by Crippen LogP contribution is 2.21. The lowest BCUT2D eigenvalue weighted by Crippen LogP contribution is -2.41. The Hall–Kier alpha value is -3.37. The third-order valence-corrected chi connectivity index (χ3v) is 5.74. The zero-order chi connectivity index (χ0) is 21.0. The van der Waals surface area contributed by atoms with Gasteiger partial charge in [0.2, 0.25) is 15.9 Å². The zero-order valence-corrected chi connectivity index (χ0v) is 17.0. The number of nitriles is 1. The molecule has 0 fully saturated rings. The minimum absolute atomic E-state index is 0.278. The average Bonchev–Trinajstić information content (AvgIpc) is 2.70. The molecule has 0 unspecified atom stereocenters. The molecule has 0 aliphatic carbocycles. The van der Waals surface area contributed by atoms with Crippen molar-refractivity contribution in [2.45, 2.75) is 13.0 Å². The molecule has 0 spiro atoms. The van der Waals surface area contributed by atoms with Crippen LogP contribution in [0.25, 0.3) is 10.8 Å². The number of carbonyl (C=O) groups excluding carboxylic acids is 1. The highest BCUT2D eigenvalue weighted by Gasteiger charge is 2.22. The first-order chi connectivity index (χ1) is 13.8. The van der Waals surface area contributed by atoms with Crippen molar-refractivity contribution in [3.63, 3.8) is 0 Å². The van der Waals surface area contributed by atoms with Crippen molar-refractivity contribution in [3.05, 3.63) is 77.9 Å². The largest absolute Gasteiger partial charge is 0.348 e. The fourth-order valence-electron chi connectivity index (χ4n) is 3.11. The molecule has 7 heteroatoms. The number of fused-ring (bicyclic) bond motifs is 1. The van der Waals surface area contributed by atoms with E-state index in [4.69, 9.17) is 5.26 Å². The molecule has 29 heavy (non-hydrogen) atoms. The summed E-state index contributed by atoms with van der Waals surface area (Å²) < 4.78 is 25.5. The molecule has 0 aliphatic rings. The Balaban J connectivity index is 1.78. The van der Waals surface area contributed by atoms with E-state index < -0.39 is 15.9 Å². The van der Waals surface area contributed by atoms with Gasteiger partial charge in [0.1, 0.15) is 6.54 Å². The van der Waals surface area contributed by atoms with Crippen LogP contribution in [0.5, 0.6) is 0 Å². The second-order valence-electron chi connectivity index (χ2n) is 6.83. The Morgan fingerprint density at radius 3 is 2.48 bits per heavy atom. The third-order valence-electron chi connectivity index (χ3n) is 4.60. The summed E-state index contributed by atoms with van der Waals surface area (Å²) in [5, 5.41) is 14.1. The van der Waals surface area contributed by atoms with Crippen molar-refractivity contribution in [1.29, 1.82) is 5.26 Å². The first-order valence-electron chi connectivity index (χ1n) is 9.04. The van der Waals surface area contributed by atoms with Gasteiger partial charge in [0.15, 0.2) is 0 Å². The Bertz CT molecular complexity index is 1200. The van der Waals surface area contributed by atoms with Crippen LogP contribution in [0.15, 0.2) is 66.7 Å². The van der Waals surface area contributed by atoms with Crippen LogP contribution in [-0.4, -0.2) is 27.1 Å². The molecular weight excluding hydrogens is 386 g/mol. The summed E-state index contributed by atoms with van der Waals surface area (Å²) in [6, 6.07) is 21.7. The summed E-state index contributed by atoms with van der Waals surface area (Å²) in [6.07, 6.45) is 1.03. The lowest BCUT2D eigenvalue weighted by molar-refractivity contribution is -0.120. The van der Waals surface area contributed by atoms with Gasteiger partial charge in [-0.1, -0.05) is 42.5 Å². The average molecular weight is 407 g/mol. The van der Waals surface area contributed by atoms with E-state index >= 15 is 0 Å². The Labute approximate surface area is 170 Å². The second-order valence-corrected chi connectivity index (χ2v) is 8.73. The molecule has 0 bridgehead atoms. The maximum absolute atomic E-state index is 12.6. The van der Waals surface area contributed by atoms with Gasteiger partial charge in [-0.25, -0.2) is 8.42 Å². The van der Waals surface area contributed by atoms with Gasteiger partial charge in [-0.3, -0.25) is 9.10 Å². The summed E-state index contributed by atoms with van der Waals surface area (Å²) in [4.78, 5) is 12.6. The Kier molecular flexibility index (Phi) is 5.85. The number of benzene rings is 3. The van der Waals surface area contributed by atoms with Crippen LogP contribution in [0.2, 0.25) is 0 Å².